The zero-order valence-corrected chi connectivity index (χ0v) is 14.5. The summed E-state index contributed by atoms with van der Waals surface area (Å²) in [4.78, 5) is 23.6. The third-order valence-corrected chi connectivity index (χ3v) is 3.39. The van der Waals surface area contributed by atoms with Crippen molar-refractivity contribution in [2.75, 3.05) is 7.11 Å². The summed E-state index contributed by atoms with van der Waals surface area (Å²) >= 11 is 0. The molecule has 0 fully saturated rings. The Morgan fingerprint density at radius 3 is 2.09 bits per heavy atom. The Hall–Kier alpha value is -2.16. The fourth-order valence-electron chi connectivity index (χ4n) is 1.84. The highest BCUT2D eigenvalue weighted by atomic mass is 16.5. The fourth-order valence-corrected chi connectivity index (χ4v) is 1.84. The largest absolute Gasteiger partial charge is 0.497 e. The van der Waals surface area contributed by atoms with Crippen LogP contribution in [0, 0.1) is 5.41 Å². The number of rotatable bonds is 8. The van der Waals surface area contributed by atoms with E-state index in [0.717, 1.165) is 25.0 Å². The predicted octanol–water partition coefficient (Wildman–Crippen LogP) is 4.78. The van der Waals surface area contributed by atoms with Crippen molar-refractivity contribution in [3.63, 3.8) is 0 Å². The maximum Gasteiger partial charge on any atom is 0.185 e. The van der Waals surface area contributed by atoms with E-state index in [1.165, 1.54) is 0 Å². The monoisotopic (exact) mass is 314 g/mol. The van der Waals surface area contributed by atoms with Gasteiger partial charge in [-0.3, -0.25) is 9.59 Å². The van der Waals surface area contributed by atoms with Crippen molar-refractivity contribution in [1.29, 1.82) is 0 Å². The molecule has 0 N–H and O–H groups in total. The van der Waals surface area contributed by atoms with Gasteiger partial charge in [0.1, 0.15) is 5.75 Å². The van der Waals surface area contributed by atoms with Crippen LogP contribution in [0.15, 0.2) is 48.6 Å². The lowest BCUT2D eigenvalue weighted by Crippen LogP contribution is -2.17. The first-order valence-corrected chi connectivity index (χ1v) is 7.90. The van der Waals surface area contributed by atoms with Gasteiger partial charge in [-0.1, -0.05) is 32.9 Å². The van der Waals surface area contributed by atoms with Gasteiger partial charge in [-0.05, 0) is 55.7 Å². The van der Waals surface area contributed by atoms with E-state index in [1.54, 1.807) is 43.5 Å². The van der Waals surface area contributed by atoms with Crippen LogP contribution in [0.3, 0.4) is 0 Å². The summed E-state index contributed by atoms with van der Waals surface area (Å²) in [5.41, 5.74) is 0.332. The van der Waals surface area contributed by atoms with Gasteiger partial charge in [0.05, 0.1) is 7.11 Å². The maximum absolute atomic E-state index is 11.9. The van der Waals surface area contributed by atoms with E-state index in [4.69, 9.17) is 4.74 Å². The Morgan fingerprint density at radius 1 is 1.00 bits per heavy atom. The van der Waals surface area contributed by atoms with Crippen LogP contribution in [0.5, 0.6) is 5.75 Å². The molecule has 0 heterocycles. The molecule has 0 saturated carbocycles. The minimum atomic E-state index is -0.318. The van der Waals surface area contributed by atoms with Crippen molar-refractivity contribution in [2.24, 2.45) is 5.41 Å². The van der Waals surface area contributed by atoms with Crippen molar-refractivity contribution in [3.05, 3.63) is 54.1 Å². The molecule has 0 aliphatic rings. The van der Waals surface area contributed by atoms with E-state index < -0.39 is 0 Å². The summed E-state index contributed by atoms with van der Waals surface area (Å²) < 4.78 is 5.06. The van der Waals surface area contributed by atoms with Gasteiger partial charge in [0.25, 0.3) is 0 Å². The predicted molar refractivity (Wildman–Crippen MR) is 93.9 cm³/mol. The highest BCUT2D eigenvalue weighted by molar-refractivity contribution is 6.04. The van der Waals surface area contributed by atoms with E-state index in [9.17, 15) is 9.59 Å². The Balaban J connectivity index is 2.32. The van der Waals surface area contributed by atoms with Crippen LogP contribution in [0.4, 0.5) is 0 Å². The van der Waals surface area contributed by atoms with Crippen LogP contribution >= 0.6 is 0 Å². The summed E-state index contributed by atoms with van der Waals surface area (Å²) in [7, 11) is 1.60. The molecule has 0 saturated heterocycles. The Labute approximate surface area is 139 Å². The zero-order valence-electron chi connectivity index (χ0n) is 14.5. The van der Waals surface area contributed by atoms with E-state index in [0.29, 0.717) is 5.56 Å². The summed E-state index contributed by atoms with van der Waals surface area (Å²) in [6.45, 7) is 5.73. The minimum Gasteiger partial charge on any atom is -0.497 e. The number of carbonyl (C=O) groups is 2. The highest BCUT2D eigenvalue weighted by Crippen LogP contribution is 2.15. The van der Waals surface area contributed by atoms with Crippen molar-refractivity contribution in [1.82, 2.24) is 0 Å². The van der Waals surface area contributed by atoms with Crippen LogP contribution in [0.2, 0.25) is 0 Å². The number of benzene rings is 1. The Kier molecular flexibility index (Phi) is 7.46. The molecule has 0 aliphatic carbocycles. The number of hydrogen-bond acceptors (Lipinski definition) is 3. The van der Waals surface area contributed by atoms with Gasteiger partial charge in [0, 0.05) is 11.0 Å². The Bertz CT molecular complexity index is 572. The van der Waals surface area contributed by atoms with Crippen LogP contribution in [0.25, 0.3) is 0 Å². The van der Waals surface area contributed by atoms with Crippen LogP contribution in [-0.2, 0) is 4.79 Å². The molecule has 0 aromatic heterocycles. The molecular weight excluding hydrogens is 288 g/mol. The van der Waals surface area contributed by atoms with Crippen LogP contribution in [-0.4, -0.2) is 18.7 Å². The van der Waals surface area contributed by atoms with Gasteiger partial charge in [-0.2, -0.15) is 0 Å². The van der Waals surface area contributed by atoms with Gasteiger partial charge in [0.15, 0.2) is 11.6 Å². The lowest BCUT2D eigenvalue weighted by Gasteiger charge is -2.12. The molecule has 0 radical (unpaired) electrons. The number of ketones is 2. The van der Waals surface area contributed by atoms with Crippen LogP contribution in [0.1, 0.15) is 50.4 Å². The smallest absolute Gasteiger partial charge is 0.185 e. The maximum atomic E-state index is 11.9. The second kappa shape index (κ2) is 9.09. The molecular formula is C20H26O3. The average molecular weight is 314 g/mol. The first kappa shape index (κ1) is 18.9. The molecule has 1 rings (SSSR count). The number of carbonyl (C=O) groups excluding carboxylic acids is 2. The molecule has 1 aromatic carbocycles. The summed E-state index contributed by atoms with van der Waals surface area (Å²) in [5.74, 6) is 0.871. The third kappa shape index (κ3) is 7.09. The number of unbranched alkanes of at least 4 members (excludes halogenated alkanes) is 2. The highest BCUT2D eigenvalue weighted by Gasteiger charge is 2.17. The molecule has 0 bridgehead atoms. The average Bonchev–Trinajstić information content (AvgIpc) is 2.52. The van der Waals surface area contributed by atoms with Gasteiger partial charge < -0.3 is 4.74 Å². The molecule has 1 aromatic rings. The number of hydrogen-bond donors (Lipinski definition) is 0. The van der Waals surface area contributed by atoms with E-state index >= 15 is 0 Å². The van der Waals surface area contributed by atoms with Gasteiger partial charge in [-0.25, -0.2) is 0 Å². The fraction of sp³-hybridized carbons (Fsp3) is 0.400. The van der Waals surface area contributed by atoms with Gasteiger partial charge in [-0.15, -0.1) is 0 Å². The third-order valence-electron chi connectivity index (χ3n) is 3.39. The van der Waals surface area contributed by atoms with Crippen molar-refractivity contribution in [2.45, 2.75) is 40.0 Å². The standard InChI is InChI=1S/C20H26O3/c1-20(2,3)19(22)11-9-7-5-6-8-10-18(21)16-12-14-17(23-4)15-13-16/h8-15H,5-7H2,1-4H3/b10-8+,11-9+. The van der Waals surface area contributed by atoms with Crippen molar-refractivity contribution < 1.29 is 14.3 Å². The molecule has 0 atom stereocenters. The molecule has 0 aliphatic heterocycles. The SMILES string of the molecule is COc1ccc(C(=O)/C=C/CCC/C=C/C(=O)C(C)(C)C)cc1. The van der Waals surface area contributed by atoms with E-state index in [1.807, 2.05) is 32.9 Å². The van der Waals surface area contributed by atoms with E-state index in [-0.39, 0.29) is 17.0 Å². The molecule has 0 amide bonds. The molecule has 3 heteroatoms. The lowest BCUT2D eigenvalue weighted by molar-refractivity contribution is -0.121. The van der Waals surface area contributed by atoms with Gasteiger partial charge >= 0.3 is 0 Å². The first-order valence-electron chi connectivity index (χ1n) is 7.90. The first-order chi connectivity index (χ1) is 10.8. The molecule has 0 spiro atoms. The zero-order chi connectivity index (χ0) is 17.3. The quantitative estimate of drug-likeness (QED) is 0.394. The Morgan fingerprint density at radius 2 is 1.57 bits per heavy atom. The number of allylic oxidation sites excluding steroid dienone is 4. The second-order valence-electron chi connectivity index (χ2n) is 6.44. The molecule has 23 heavy (non-hydrogen) atoms. The normalized spacial score (nSPS) is 12.0. The molecule has 124 valence electrons. The molecule has 0 unspecified atom stereocenters. The van der Waals surface area contributed by atoms with Crippen molar-refractivity contribution >= 4 is 11.6 Å². The summed E-state index contributed by atoms with van der Waals surface area (Å²) in [6.07, 6.45) is 9.62. The summed E-state index contributed by atoms with van der Waals surface area (Å²) in [6, 6.07) is 7.06. The molecule has 3 nitrogen and oxygen atoms in total. The minimum absolute atomic E-state index is 0.00824. The van der Waals surface area contributed by atoms with E-state index in [2.05, 4.69) is 0 Å². The van der Waals surface area contributed by atoms with Crippen molar-refractivity contribution in [3.8, 4) is 5.75 Å². The lowest BCUT2D eigenvalue weighted by atomic mass is 9.90. The van der Waals surface area contributed by atoms with Crippen LogP contribution < -0.4 is 4.74 Å². The second-order valence-corrected chi connectivity index (χ2v) is 6.44. The topological polar surface area (TPSA) is 43.4 Å². The summed E-state index contributed by atoms with van der Waals surface area (Å²) in [5, 5.41) is 0. The number of methoxy groups -OCH3 is 1. The number of ether oxygens (including phenoxy) is 1. The van der Waals surface area contributed by atoms with Gasteiger partial charge in [0.2, 0.25) is 0 Å².